The van der Waals surface area contributed by atoms with Crippen molar-refractivity contribution in [1.82, 2.24) is 0 Å². The second kappa shape index (κ2) is 7.09. The van der Waals surface area contributed by atoms with Crippen molar-refractivity contribution < 1.29 is 13.9 Å². The first kappa shape index (κ1) is 15.3. The van der Waals surface area contributed by atoms with Gasteiger partial charge in [0.2, 0.25) is 0 Å². The summed E-state index contributed by atoms with van der Waals surface area (Å²) in [5.41, 5.74) is 7.76. The van der Waals surface area contributed by atoms with Crippen LogP contribution in [-0.4, -0.2) is 20.8 Å². The van der Waals surface area contributed by atoms with Gasteiger partial charge in [-0.1, -0.05) is 12.1 Å². The van der Waals surface area contributed by atoms with Crippen LogP contribution in [0.2, 0.25) is 0 Å². The Bertz CT molecular complexity index is 601. The van der Waals surface area contributed by atoms with Crippen LogP contribution in [0, 0.1) is 5.82 Å². The minimum atomic E-state index is -0.247. The average Bonchev–Trinajstić information content (AvgIpc) is 2.52. The first-order valence-electron chi connectivity index (χ1n) is 6.84. The lowest BCUT2D eigenvalue weighted by Gasteiger charge is -2.18. The van der Waals surface area contributed by atoms with Crippen LogP contribution in [0.25, 0.3) is 0 Å². The molecule has 0 spiro atoms. The molecular formula is C17H20FNO2. The topological polar surface area (TPSA) is 44.5 Å². The van der Waals surface area contributed by atoms with Crippen molar-refractivity contribution >= 4 is 0 Å². The summed E-state index contributed by atoms with van der Waals surface area (Å²) in [6.07, 6.45) is 0.667. The maximum atomic E-state index is 13.4. The molecule has 0 saturated heterocycles. The summed E-state index contributed by atoms with van der Waals surface area (Å²) in [6, 6.07) is 12.2. The molecule has 0 saturated carbocycles. The molecule has 0 amide bonds. The quantitative estimate of drug-likeness (QED) is 0.888. The lowest BCUT2D eigenvalue weighted by atomic mass is 9.91. The summed E-state index contributed by atoms with van der Waals surface area (Å²) >= 11 is 0. The van der Waals surface area contributed by atoms with Gasteiger partial charge in [0.05, 0.1) is 14.2 Å². The molecular weight excluding hydrogens is 269 g/mol. The fraction of sp³-hybridized carbons (Fsp3) is 0.294. The van der Waals surface area contributed by atoms with E-state index in [9.17, 15) is 4.39 Å². The number of ether oxygens (including phenoxy) is 2. The third-order valence-corrected chi connectivity index (χ3v) is 3.56. The van der Waals surface area contributed by atoms with E-state index in [-0.39, 0.29) is 11.7 Å². The van der Waals surface area contributed by atoms with Gasteiger partial charge in [0.25, 0.3) is 0 Å². The lowest BCUT2D eigenvalue weighted by Crippen LogP contribution is -2.15. The maximum Gasteiger partial charge on any atom is 0.123 e. The van der Waals surface area contributed by atoms with E-state index in [1.165, 1.54) is 12.1 Å². The average molecular weight is 289 g/mol. The number of methoxy groups -OCH3 is 2. The summed E-state index contributed by atoms with van der Waals surface area (Å²) in [4.78, 5) is 0. The predicted molar refractivity (Wildman–Crippen MR) is 81.4 cm³/mol. The molecule has 2 aromatic carbocycles. The fourth-order valence-corrected chi connectivity index (χ4v) is 2.40. The largest absolute Gasteiger partial charge is 0.497 e. The highest BCUT2D eigenvalue weighted by Gasteiger charge is 2.15. The van der Waals surface area contributed by atoms with Crippen molar-refractivity contribution in [1.29, 1.82) is 0 Å². The van der Waals surface area contributed by atoms with Crippen LogP contribution in [-0.2, 0) is 6.42 Å². The molecule has 2 N–H and O–H groups in total. The lowest BCUT2D eigenvalue weighted by molar-refractivity contribution is 0.397. The Morgan fingerprint density at radius 3 is 2.52 bits per heavy atom. The second-order valence-electron chi connectivity index (χ2n) is 4.87. The molecule has 2 aromatic rings. The standard InChI is InChI=1S/C17H20FNO2/c1-20-16-6-7-17(21-2)13(10-16)8-14(11-19)12-4-3-5-15(18)9-12/h3-7,9-10,14H,8,11,19H2,1-2H3. The van der Waals surface area contributed by atoms with Crippen LogP contribution in [0.5, 0.6) is 11.5 Å². The van der Waals surface area contributed by atoms with Crippen molar-refractivity contribution in [3.05, 3.63) is 59.4 Å². The number of halogens is 1. The normalized spacial score (nSPS) is 12.0. The molecule has 112 valence electrons. The minimum absolute atomic E-state index is 0.0294. The highest BCUT2D eigenvalue weighted by atomic mass is 19.1. The molecule has 4 heteroatoms. The van der Waals surface area contributed by atoms with E-state index in [1.807, 2.05) is 24.3 Å². The van der Waals surface area contributed by atoms with E-state index in [0.717, 1.165) is 22.6 Å². The maximum absolute atomic E-state index is 13.4. The first-order valence-corrected chi connectivity index (χ1v) is 6.84. The smallest absolute Gasteiger partial charge is 0.123 e. The number of benzene rings is 2. The summed E-state index contributed by atoms with van der Waals surface area (Å²) in [5, 5.41) is 0. The molecule has 0 aromatic heterocycles. The van der Waals surface area contributed by atoms with Crippen LogP contribution < -0.4 is 15.2 Å². The highest BCUT2D eigenvalue weighted by Crippen LogP contribution is 2.29. The Kier molecular flexibility index (Phi) is 5.17. The Morgan fingerprint density at radius 1 is 1.10 bits per heavy atom. The Labute approximate surface area is 124 Å². The van der Waals surface area contributed by atoms with Gasteiger partial charge in [0, 0.05) is 5.92 Å². The third kappa shape index (κ3) is 3.73. The first-order chi connectivity index (χ1) is 10.2. The number of nitrogens with two attached hydrogens (primary N) is 1. The molecule has 1 unspecified atom stereocenters. The Morgan fingerprint density at radius 2 is 1.90 bits per heavy atom. The minimum Gasteiger partial charge on any atom is -0.497 e. The molecule has 21 heavy (non-hydrogen) atoms. The van der Waals surface area contributed by atoms with Crippen molar-refractivity contribution in [2.45, 2.75) is 12.3 Å². The van der Waals surface area contributed by atoms with Crippen LogP contribution in [0.15, 0.2) is 42.5 Å². The summed E-state index contributed by atoms with van der Waals surface area (Å²) in [5.74, 6) is 1.33. The van der Waals surface area contributed by atoms with E-state index in [4.69, 9.17) is 15.2 Å². The van der Waals surface area contributed by atoms with Crippen LogP contribution >= 0.6 is 0 Å². The van der Waals surface area contributed by atoms with Gasteiger partial charge in [-0.25, -0.2) is 4.39 Å². The van der Waals surface area contributed by atoms with Crippen LogP contribution in [0.3, 0.4) is 0 Å². The van der Waals surface area contributed by atoms with E-state index >= 15 is 0 Å². The van der Waals surface area contributed by atoms with Gasteiger partial charge in [-0.05, 0) is 54.4 Å². The molecule has 0 heterocycles. The summed E-state index contributed by atoms with van der Waals surface area (Å²) in [6.45, 7) is 0.434. The zero-order valence-electron chi connectivity index (χ0n) is 12.3. The van der Waals surface area contributed by atoms with E-state index < -0.39 is 0 Å². The summed E-state index contributed by atoms with van der Waals surface area (Å²) in [7, 11) is 3.25. The molecule has 3 nitrogen and oxygen atoms in total. The molecule has 0 aliphatic heterocycles. The third-order valence-electron chi connectivity index (χ3n) is 3.56. The van der Waals surface area contributed by atoms with Gasteiger partial charge in [0.1, 0.15) is 17.3 Å². The number of hydrogen-bond donors (Lipinski definition) is 1. The summed E-state index contributed by atoms with van der Waals surface area (Å²) < 4.78 is 24.0. The van der Waals surface area contributed by atoms with Gasteiger partial charge in [-0.2, -0.15) is 0 Å². The molecule has 0 aliphatic rings. The van der Waals surface area contributed by atoms with Crippen molar-refractivity contribution in [3.8, 4) is 11.5 Å². The van der Waals surface area contributed by atoms with Crippen molar-refractivity contribution in [3.63, 3.8) is 0 Å². The Hall–Kier alpha value is -2.07. The van der Waals surface area contributed by atoms with E-state index in [1.54, 1.807) is 20.3 Å². The Balaban J connectivity index is 2.29. The highest BCUT2D eigenvalue weighted by molar-refractivity contribution is 5.41. The van der Waals surface area contributed by atoms with Crippen molar-refractivity contribution in [2.24, 2.45) is 5.73 Å². The van der Waals surface area contributed by atoms with Crippen LogP contribution in [0.4, 0.5) is 4.39 Å². The van der Waals surface area contributed by atoms with E-state index in [2.05, 4.69) is 0 Å². The molecule has 1 atom stereocenters. The molecule has 0 aliphatic carbocycles. The van der Waals surface area contributed by atoms with Gasteiger partial charge >= 0.3 is 0 Å². The van der Waals surface area contributed by atoms with Gasteiger partial charge in [-0.15, -0.1) is 0 Å². The molecule has 0 fully saturated rings. The van der Waals surface area contributed by atoms with Crippen LogP contribution in [0.1, 0.15) is 17.0 Å². The zero-order chi connectivity index (χ0) is 15.2. The van der Waals surface area contributed by atoms with Gasteiger partial charge < -0.3 is 15.2 Å². The molecule has 0 bridgehead atoms. The predicted octanol–water partition coefficient (Wildman–Crippen LogP) is 3.13. The SMILES string of the molecule is COc1ccc(OC)c(CC(CN)c2cccc(F)c2)c1. The van der Waals surface area contributed by atoms with Gasteiger partial charge in [-0.3, -0.25) is 0 Å². The molecule has 0 radical (unpaired) electrons. The molecule has 2 rings (SSSR count). The second-order valence-corrected chi connectivity index (χ2v) is 4.87. The number of rotatable bonds is 6. The van der Waals surface area contributed by atoms with E-state index in [0.29, 0.717) is 13.0 Å². The van der Waals surface area contributed by atoms with Crippen molar-refractivity contribution in [2.75, 3.05) is 20.8 Å². The zero-order valence-corrected chi connectivity index (χ0v) is 12.3. The van der Waals surface area contributed by atoms with Gasteiger partial charge in [0.15, 0.2) is 0 Å². The monoisotopic (exact) mass is 289 g/mol. The fourth-order valence-electron chi connectivity index (χ4n) is 2.40. The number of hydrogen-bond acceptors (Lipinski definition) is 3.